The van der Waals surface area contributed by atoms with Crippen LogP contribution < -0.4 is 0 Å². The number of rotatable bonds is 3. The van der Waals surface area contributed by atoms with Gasteiger partial charge in [0.2, 0.25) is 0 Å². The Morgan fingerprint density at radius 2 is 2.08 bits per heavy atom. The summed E-state index contributed by atoms with van der Waals surface area (Å²) in [6.07, 6.45) is 4.04. The van der Waals surface area contributed by atoms with Crippen LogP contribution in [0.15, 0.2) is 18.5 Å². The van der Waals surface area contributed by atoms with E-state index in [1.165, 1.54) is 5.56 Å². The monoisotopic (exact) mass is 180 g/mol. The minimum atomic E-state index is 0.256. The zero-order valence-electron chi connectivity index (χ0n) is 9.09. The predicted molar refractivity (Wildman–Crippen MR) is 56.6 cm³/mol. The van der Waals surface area contributed by atoms with Gasteiger partial charge in [-0.25, -0.2) is 0 Å². The highest BCUT2D eigenvalue weighted by atomic mass is 15.2. The molecule has 0 atom stereocenters. The molecule has 0 spiro atoms. The van der Waals surface area contributed by atoms with E-state index in [0.717, 1.165) is 13.1 Å². The van der Waals surface area contributed by atoms with Gasteiger partial charge in [0, 0.05) is 24.5 Å². The third-order valence-electron chi connectivity index (χ3n) is 2.37. The van der Waals surface area contributed by atoms with E-state index in [0.29, 0.717) is 0 Å². The van der Waals surface area contributed by atoms with Crippen molar-refractivity contribution in [3.05, 3.63) is 24.0 Å². The fourth-order valence-electron chi connectivity index (χ4n) is 1.50. The lowest BCUT2D eigenvalue weighted by Crippen LogP contribution is -2.40. The van der Waals surface area contributed by atoms with E-state index >= 15 is 0 Å². The second-order valence-corrected chi connectivity index (χ2v) is 4.40. The molecule has 2 nitrogen and oxygen atoms in total. The molecular formula is C11H20N2. The predicted octanol–water partition coefficient (Wildman–Crippen LogP) is 2.64. The molecular weight excluding hydrogens is 160 g/mol. The van der Waals surface area contributed by atoms with Gasteiger partial charge in [0.05, 0.1) is 0 Å². The van der Waals surface area contributed by atoms with Crippen LogP contribution in [0.25, 0.3) is 0 Å². The van der Waals surface area contributed by atoms with Crippen molar-refractivity contribution in [1.82, 2.24) is 9.88 Å². The summed E-state index contributed by atoms with van der Waals surface area (Å²) in [5.74, 6) is 0. The molecule has 0 aromatic carbocycles. The number of hydrogen-bond donors (Lipinski definition) is 1. The Morgan fingerprint density at radius 1 is 1.38 bits per heavy atom. The van der Waals surface area contributed by atoms with Crippen LogP contribution in [0.4, 0.5) is 0 Å². The van der Waals surface area contributed by atoms with Crippen molar-refractivity contribution in [1.29, 1.82) is 0 Å². The lowest BCUT2D eigenvalue weighted by atomic mass is 10.1. The minimum Gasteiger partial charge on any atom is -0.367 e. The standard InChI is InChI=1S/C11H20N2/c1-5-13(11(2,3)4)9-10-6-7-12-8-10/h6-8,12H,5,9H2,1-4H3. The van der Waals surface area contributed by atoms with Gasteiger partial charge in [0.1, 0.15) is 0 Å². The van der Waals surface area contributed by atoms with E-state index in [9.17, 15) is 0 Å². The molecule has 0 saturated heterocycles. The number of nitrogens with one attached hydrogen (secondary N) is 1. The fraction of sp³-hybridized carbons (Fsp3) is 0.636. The highest BCUT2D eigenvalue weighted by molar-refractivity contribution is 5.08. The molecule has 0 aliphatic heterocycles. The van der Waals surface area contributed by atoms with E-state index in [2.05, 4.69) is 49.8 Å². The molecule has 1 aromatic heterocycles. The summed E-state index contributed by atoms with van der Waals surface area (Å²) in [6.45, 7) is 11.1. The first-order chi connectivity index (χ1) is 6.04. The number of aromatic amines is 1. The van der Waals surface area contributed by atoms with Crippen LogP contribution in [-0.4, -0.2) is 22.0 Å². The second-order valence-electron chi connectivity index (χ2n) is 4.40. The van der Waals surface area contributed by atoms with Crippen LogP contribution in [0, 0.1) is 0 Å². The van der Waals surface area contributed by atoms with Crippen LogP contribution in [-0.2, 0) is 6.54 Å². The third-order valence-corrected chi connectivity index (χ3v) is 2.37. The van der Waals surface area contributed by atoms with Gasteiger partial charge in [-0.3, -0.25) is 4.90 Å². The molecule has 0 radical (unpaired) electrons. The van der Waals surface area contributed by atoms with E-state index in [4.69, 9.17) is 0 Å². The highest BCUT2D eigenvalue weighted by Gasteiger charge is 2.19. The Bertz CT molecular complexity index is 231. The lowest BCUT2D eigenvalue weighted by Gasteiger charge is -2.34. The van der Waals surface area contributed by atoms with E-state index in [1.54, 1.807) is 0 Å². The largest absolute Gasteiger partial charge is 0.367 e. The molecule has 0 saturated carbocycles. The molecule has 0 fully saturated rings. The quantitative estimate of drug-likeness (QED) is 0.757. The Kier molecular flexibility index (Phi) is 3.15. The van der Waals surface area contributed by atoms with Crippen LogP contribution in [0.1, 0.15) is 33.3 Å². The second kappa shape index (κ2) is 3.97. The first-order valence-corrected chi connectivity index (χ1v) is 4.90. The maximum absolute atomic E-state index is 3.08. The smallest absolute Gasteiger partial charge is 0.0253 e. The molecule has 0 amide bonds. The summed E-state index contributed by atoms with van der Waals surface area (Å²) in [7, 11) is 0. The molecule has 1 N–H and O–H groups in total. The summed E-state index contributed by atoms with van der Waals surface area (Å²) in [4.78, 5) is 5.54. The average molecular weight is 180 g/mol. The Labute approximate surface area is 81.0 Å². The van der Waals surface area contributed by atoms with Crippen molar-refractivity contribution in [2.24, 2.45) is 0 Å². The summed E-state index contributed by atoms with van der Waals surface area (Å²) < 4.78 is 0. The third kappa shape index (κ3) is 2.88. The Balaban J connectivity index is 2.60. The van der Waals surface area contributed by atoms with Crippen molar-refractivity contribution in [3.63, 3.8) is 0 Å². The number of hydrogen-bond acceptors (Lipinski definition) is 1. The van der Waals surface area contributed by atoms with Gasteiger partial charge < -0.3 is 4.98 Å². The van der Waals surface area contributed by atoms with Gasteiger partial charge in [-0.05, 0) is 38.9 Å². The number of H-pyrrole nitrogens is 1. The van der Waals surface area contributed by atoms with Crippen LogP contribution >= 0.6 is 0 Å². The molecule has 1 heterocycles. The van der Waals surface area contributed by atoms with Gasteiger partial charge in [0.25, 0.3) is 0 Å². The van der Waals surface area contributed by atoms with Crippen LogP contribution in [0.5, 0.6) is 0 Å². The molecule has 1 rings (SSSR count). The normalized spacial score (nSPS) is 12.4. The van der Waals surface area contributed by atoms with Gasteiger partial charge in [0.15, 0.2) is 0 Å². The van der Waals surface area contributed by atoms with Crippen molar-refractivity contribution in [2.45, 2.75) is 39.8 Å². The van der Waals surface area contributed by atoms with Gasteiger partial charge in [-0.2, -0.15) is 0 Å². The van der Waals surface area contributed by atoms with Crippen molar-refractivity contribution in [3.8, 4) is 0 Å². The summed E-state index contributed by atoms with van der Waals surface area (Å²) in [5, 5.41) is 0. The molecule has 1 aromatic rings. The molecule has 13 heavy (non-hydrogen) atoms. The van der Waals surface area contributed by atoms with E-state index < -0.39 is 0 Å². The van der Waals surface area contributed by atoms with E-state index in [-0.39, 0.29) is 5.54 Å². The Morgan fingerprint density at radius 3 is 2.46 bits per heavy atom. The first kappa shape index (κ1) is 10.3. The minimum absolute atomic E-state index is 0.256. The van der Waals surface area contributed by atoms with Crippen molar-refractivity contribution >= 4 is 0 Å². The van der Waals surface area contributed by atoms with Crippen molar-refractivity contribution in [2.75, 3.05) is 6.54 Å². The van der Waals surface area contributed by atoms with Crippen LogP contribution in [0.2, 0.25) is 0 Å². The summed E-state index contributed by atoms with van der Waals surface area (Å²) in [5.41, 5.74) is 1.61. The maximum Gasteiger partial charge on any atom is 0.0253 e. The fourth-order valence-corrected chi connectivity index (χ4v) is 1.50. The topological polar surface area (TPSA) is 19.0 Å². The highest BCUT2D eigenvalue weighted by Crippen LogP contribution is 2.16. The molecule has 0 bridgehead atoms. The number of nitrogens with zero attached hydrogens (tertiary/aromatic N) is 1. The van der Waals surface area contributed by atoms with Crippen LogP contribution in [0.3, 0.4) is 0 Å². The number of aromatic nitrogens is 1. The maximum atomic E-state index is 3.08. The average Bonchev–Trinajstić information content (AvgIpc) is 2.49. The molecule has 74 valence electrons. The molecule has 2 heteroatoms. The lowest BCUT2D eigenvalue weighted by molar-refractivity contribution is 0.136. The SMILES string of the molecule is CCN(Cc1cc[nH]c1)C(C)(C)C. The van der Waals surface area contributed by atoms with Gasteiger partial charge in [-0.1, -0.05) is 6.92 Å². The first-order valence-electron chi connectivity index (χ1n) is 4.90. The molecule has 0 aliphatic carbocycles. The molecule has 0 unspecified atom stereocenters. The zero-order chi connectivity index (χ0) is 9.90. The van der Waals surface area contributed by atoms with Gasteiger partial charge in [-0.15, -0.1) is 0 Å². The van der Waals surface area contributed by atoms with Crippen molar-refractivity contribution < 1.29 is 0 Å². The van der Waals surface area contributed by atoms with E-state index in [1.807, 2.05) is 6.20 Å². The Hall–Kier alpha value is -0.760. The molecule has 0 aliphatic rings. The van der Waals surface area contributed by atoms with Gasteiger partial charge >= 0.3 is 0 Å². The zero-order valence-corrected chi connectivity index (χ0v) is 9.09. The summed E-state index contributed by atoms with van der Waals surface area (Å²) >= 11 is 0. The summed E-state index contributed by atoms with van der Waals surface area (Å²) in [6, 6.07) is 2.13.